The van der Waals surface area contributed by atoms with Gasteiger partial charge >= 0.3 is 0 Å². The van der Waals surface area contributed by atoms with Crippen LogP contribution >= 0.6 is 0 Å². The lowest BCUT2D eigenvalue weighted by molar-refractivity contribution is 0.153. The SMILES string of the molecule is BN(Cc1ccc2c(c1)OCCO2)C1CCN(CCn2c(=O)ccc3c(OCC)cccc32)CC1. The first-order valence-corrected chi connectivity index (χ1v) is 12.7. The molecule has 184 valence electrons. The van der Waals surface area contributed by atoms with E-state index in [0.717, 1.165) is 67.2 Å². The molecule has 8 heteroatoms. The van der Waals surface area contributed by atoms with E-state index in [-0.39, 0.29) is 5.56 Å². The third kappa shape index (κ3) is 5.33. The topological polar surface area (TPSA) is 56.2 Å². The fraction of sp³-hybridized carbons (Fsp3) is 0.444. The molecule has 5 rings (SSSR count). The van der Waals surface area contributed by atoms with Gasteiger partial charge in [0.2, 0.25) is 0 Å². The highest BCUT2D eigenvalue weighted by molar-refractivity contribution is 6.04. The Labute approximate surface area is 207 Å². The third-order valence-corrected chi connectivity index (χ3v) is 7.15. The highest BCUT2D eigenvalue weighted by Gasteiger charge is 2.23. The summed E-state index contributed by atoms with van der Waals surface area (Å²) in [4.78, 5) is 17.6. The number of fused-ring (bicyclic) bond motifs is 2. The van der Waals surface area contributed by atoms with Crippen molar-refractivity contribution in [2.45, 2.75) is 38.9 Å². The van der Waals surface area contributed by atoms with Gasteiger partial charge in [0.05, 0.1) is 12.1 Å². The Morgan fingerprint density at radius 1 is 1.03 bits per heavy atom. The van der Waals surface area contributed by atoms with E-state index in [0.29, 0.717) is 32.4 Å². The zero-order valence-corrected chi connectivity index (χ0v) is 20.7. The van der Waals surface area contributed by atoms with Gasteiger partial charge in [0.25, 0.3) is 5.56 Å². The van der Waals surface area contributed by atoms with Gasteiger partial charge in [-0.05, 0) is 68.8 Å². The molecule has 2 aliphatic heterocycles. The lowest BCUT2D eigenvalue weighted by Gasteiger charge is -2.37. The molecule has 1 fully saturated rings. The van der Waals surface area contributed by atoms with Gasteiger partial charge in [-0.1, -0.05) is 12.1 Å². The monoisotopic (exact) mass is 475 g/mol. The molecule has 7 nitrogen and oxygen atoms in total. The molecular weight excluding hydrogens is 441 g/mol. The predicted molar refractivity (Wildman–Crippen MR) is 140 cm³/mol. The van der Waals surface area contributed by atoms with Crippen LogP contribution in [-0.4, -0.2) is 67.8 Å². The van der Waals surface area contributed by atoms with Crippen LogP contribution in [0, 0.1) is 0 Å². The molecule has 35 heavy (non-hydrogen) atoms. The van der Waals surface area contributed by atoms with Gasteiger partial charge in [0.15, 0.2) is 19.5 Å². The van der Waals surface area contributed by atoms with Crippen molar-refractivity contribution >= 4 is 18.9 Å². The standard InChI is InChI=1S/C27H34BN3O4/c1-2-33-24-5-3-4-23-22(24)7-9-27(32)30(23)15-14-29-12-10-21(11-13-29)31(28)19-20-6-8-25-26(18-20)35-17-16-34-25/h3-9,18,21H,2,10-17,19,28H2,1H3. The summed E-state index contributed by atoms with van der Waals surface area (Å²) in [5.41, 5.74) is 2.23. The molecule has 0 amide bonds. The fourth-order valence-electron chi connectivity index (χ4n) is 5.24. The fourth-order valence-corrected chi connectivity index (χ4v) is 5.24. The molecule has 1 saturated heterocycles. The molecule has 2 aliphatic rings. The summed E-state index contributed by atoms with van der Waals surface area (Å²) in [7, 11) is 2.21. The number of benzene rings is 2. The van der Waals surface area contributed by atoms with Crippen LogP contribution < -0.4 is 19.8 Å². The van der Waals surface area contributed by atoms with Gasteiger partial charge in [0, 0.05) is 37.1 Å². The van der Waals surface area contributed by atoms with E-state index in [1.165, 1.54) is 5.56 Å². The Morgan fingerprint density at radius 2 is 1.83 bits per heavy atom. The molecule has 0 N–H and O–H groups in total. The van der Waals surface area contributed by atoms with Crippen LogP contribution in [0.3, 0.4) is 0 Å². The van der Waals surface area contributed by atoms with Crippen LogP contribution in [-0.2, 0) is 13.1 Å². The first-order chi connectivity index (χ1) is 17.1. The molecule has 3 heterocycles. The smallest absolute Gasteiger partial charge is 0.251 e. The average molecular weight is 475 g/mol. The molecule has 0 bridgehead atoms. The molecule has 0 atom stereocenters. The second-order valence-corrected chi connectivity index (χ2v) is 9.41. The van der Waals surface area contributed by atoms with E-state index in [9.17, 15) is 4.79 Å². The number of likely N-dealkylation sites (tertiary alicyclic amines) is 1. The van der Waals surface area contributed by atoms with E-state index in [4.69, 9.17) is 14.2 Å². The Morgan fingerprint density at radius 3 is 2.63 bits per heavy atom. The summed E-state index contributed by atoms with van der Waals surface area (Å²) in [5, 5.41) is 0.994. The molecule has 3 aromatic rings. The average Bonchev–Trinajstić information content (AvgIpc) is 2.88. The van der Waals surface area contributed by atoms with Gasteiger partial charge in [0.1, 0.15) is 19.0 Å². The van der Waals surface area contributed by atoms with Gasteiger partial charge in [-0.2, -0.15) is 0 Å². The molecule has 1 aromatic heterocycles. The lowest BCUT2D eigenvalue weighted by atomic mass is 9.99. The Balaban J connectivity index is 1.16. The number of aromatic nitrogens is 1. The molecule has 0 unspecified atom stereocenters. The van der Waals surface area contributed by atoms with Crippen LogP contribution in [0.4, 0.5) is 0 Å². The lowest BCUT2D eigenvalue weighted by Crippen LogP contribution is -2.44. The van der Waals surface area contributed by atoms with Crippen molar-refractivity contribution in [2.75, 3.05) is 39.5 Å². The van der Waals surface area contributed by atoms with Crippen molar-refractivity contribution < 1.29 is 14.2 Å². The van der Waals surface area contributed by atoms with E-state index in [1.807, 2.05) is 41.8 Å². The number of hydrogen-bond donors (Lipinski definition) is 0. The van der Waals surface area contributed by atoms with Crippen LogP contribution in [0.5, 0.6) is 17.2 Å². The molecular formula is C27H34BN3O4. The second kappa shape index (κ2) is 10.7. The number of hydrogen-bond acceptors (Lipinski definition) is 6. The van der Waals surface area contributed by atoms with Crippen molar-refractivity contribution in [3.63, 3.8) is 0 Å². The summed E-state index contributed by atoms with van der Waals surface area (Å²) in [6, 6.07) is 16.3. The summed E-state index contributed by atoms with van der Waals surface area (Å²) < 4.78 is 19.0. The summed E-state index contributed by atoms with van der Waals surface area (Å²) >= 11 is 0. The third-order valence-electron chi connectivity index (χ3n) is 7.15. The summed E-state index contributed by atoms with van der Waals surface area (Å²) in [6.45, 7) is 8.36. The second-order valence-electron chi connectivity index (χ2n) is 9.41. The zero-order valence-electron chi connectivity index (χ0n) is 20.7. The van der Waals surface area contributed by atoms with E-state index >= 15 is 0 Å². The van der Waals surface area contributed by atoms with E-state index in [1.54, 1.807) is 6.07 Å². The Hall–Kier alpha value is -2.97. The van der Waals surface area contributed by atoms with E-state index in [2.05, 4.69) is 29.8 Å². The van der Waals surface area contributed by atoms with Gasteiger partial charge in [-0.15, -0.1) is 0 Å². The molecule has 0 spiro atoms. The highest BCUT2D eigenvalue weighted by atomic mass is 16.6. The number of ether oxygens (including phenoxy) is 3. The van der Waals surface area contributed by atoms with Crippen LogP contribution in [0.1, 0.15) is 25.3 Å². The maximum absolute atomic E-state index is 12.7. The van der Waals surface area contributed by atoms with Gasteiger partial charge < -0.3 is 28.5 Å². The number of nitrogens with zero attached hydrogens (tertiary/aromatic N) is 3. The van der Waals surface area contributed by atoms with Crippen molar-refractivity contribution in [3.8, 4) is 17.2 Å². The molecule has 2 aromatic carbocycles. The quantitative estimate of drug-likeness (QED) is 0.467. The summed E-state index contributed by atoms with van der Waals surface area (Å²) in [6.07, 6.45) is 2.25. The first-order valence-electron chi connectivity index (χ1n) is 12.7. The van der Waals surface area contributed by atoms with Crippen LogP contribution in [0.15, 0.2) is 53.3 Å². The number of rotatable bonds is 8. The zero-order chi connectivity index (χ0) is 24.2. The normalized spacial score (nSPS) is 16.6. The van der Waals surface area contributed by atoms with Crippen LogP contribution in [0.25, 0.3) is 10.9 Å². The Bertz CT molecular complexity index is 1220. The minimum atomic E-state index is 0.0418. The number of piperidine rings is 1. The van der Waals surface area contributed by atoms with Gasteiger partial charge in [-0.3, -0.25) is 4.79 Å². The van der Waals surface area contributed by atoms with Crippen LogP contribution in [0.2, 0.25) is 0 Å². The number of pyridine rings is 1. The maximum atomic E-state index is 12.7. The highest BCUT2D eigenvalue weighted by Crippen LogP contribution is 2.31. The van der Waals surface area contributed by atoms with Crippen molar-refractivity contribution in [2.24, 2.45) is 0 Å². The Kier molecular flexibility index (Phi) is 7.30. The van der Waals surface area contributed by atoms with Crippen molar-refractivity contribution in [3.05, 3.63) is 64.4 Å². The molecule has 0 saturated carbocycles. The maximum Gasteiger partial charge on any atom is 0.251 e. The minimum absolute atomic E-state index is 0.0418. The first kappa shape index (κ1) is 23.8. The predicted octanol–water partition coefficient (Wildman–Crippen LogP) is 2.69. The largest absolute Gasteiger partial charge is 0.493 e. The minimum Gasteiger partial charge on any atom is -0.493 e. The van der Waals surface area contributed by atoms with E-state index < -0.39 is 0 Å². The molecule has 0 radical (unpaired) electrons. The molecule has 0 aliphatic carbocycles. The summed E-state index contributed by atoms with van der Waals surface area (Å²) in [5.74, 6) is 2.53. The van der Waals surface area contributed by atoms with Gasteiger partial charge in [-0.25, -0.2) is 0 Å². The van der Waals surface area contributed by atoms with Crippen molar-refractivity contribution in [1.29, 1.82) is 0 Å². The van der Waals surface area contributed by atoms with Crippen molar-refractivity contribution in [1.82, 2.24) is 14.3 Å².